The molecule has 2 aromatic carbocycles. The predicted octanol–water partition coefficient (Wildman–Crippen LogP) is 5.31. The van der Waals surface area contributed by atoms with Crippen LogP contribution in [0.1, 0.15) is 0 Å². The van der Waals surface area contributed by atoms with E-state index in [0.717, 1.165) is 11.1 Å². The molecule has 0 aliphatic carbocycles. The van der Waals surface area contributed by atoms with Crippen molar-refractivity contribution in [2.45, 2.75) is 0 Å². The molecule has 15 heavy (non-hydrogen) atoms. The Hall–Kier alpha value is -0.690. The fourth-order valence-electron chi connectivity index (χ4n) is 1.42. The lowest BCUT2D eigenvalue weighted by Crippen LogP contribution is -1.81. The maximum absolute atomic E-state index is 6.10. The Labute approximate surface area is 103 Å². The molecule has 2 aromatic rings. The Morgan fingerprint density at radius 2 is 1.27 bits per heavy atom. The van der Waals surface area contributed by atoms with Gasteiger partial charge >= 0.3 is 0 Å². The van der Waals surface area contributed by atoms with E-state index in [4.69, 9.17) is 34.8 Å². The molecular weight excluding hydrogens is 250 g/mol. The van der Waals surface area contributed by atoms with Gasteiger partial charge in [0.2, 0.25) is 0 Å². The van der Waals surface area contributed by atoms with E-state index in [0.29, 0.717) is 15.1 Å². The lowest BCUT2D eigenvalue weighted by molar-refractivity contribution is 1.61. The van der Waals surface area contributed by atoms with Crippen molar-refractivity contribution in [3.05, 3.63) is 57.5 Å². The molecule has 0 nitrogen and oxygen atoms in total. The zero-order chi connectivity index (χ0) is 10.8. The number of hydrogen-bond acceptors (Lipinski definition) is 0. The van der Waals surface area contributed by atoms with E-state index in [2.05, 4.69) is 0 Å². The summed E-state index contributed by atoms with van der Waals surface area (Å²) in [6.45, 7) is 0. The van der Waals surface area contributed by atoms with Crippen molar-refractivity contribution in [2.24, 2.45) is 0 Å². The van der Waals surface area contributed by atoms with Crippen LogP contribution in [0.4, 0.5) is 0 Å². The quantitative estimate of drug-likeness (QED) is 0.649. The topological polar surface area (TPSA) is 0 Å². The average Bonchev–Trinajstić information content (AvgIpc) is 2.17. The Morgan fingerprint density at radius 3 is 1.80 bits per heavy atom. The minimum absolute atomic E-state index is 0.546. The van der Waals surface area contributed by atoms with Gasteiger partial charge in [0.1, 0.15) is 0 Å². The highest BCUT2D eigenvalue weighted by Gasteiger charge is 2.09. The van der Waals surface area contributed by atoms with Crippen LogP contribution in [0.15, 0.2) is 42.5 Å². The van der Waals surface area contributed by atoms with Crippen LogP contribution >= 0.6 is 34.8 Å². The fraction of sp³-hybridized carbons (Fsp3) is 0. The van der Waals surface area contributed by atoms with E-state index in [1.165, 1.54) is 0 Å². The standard InChI is InChI=1S/C12H7Cl3/c13-9-6-10(14)12(11(15)7-9)8-4-2-1-3-5-8/h1-7H. The first kappa shape index (κ1) is 10.8. The number of rotatable bonds is 1. The van der Waals surface area contributed by atoms with Crippen molar-refractivity contribution >= 4 is 34.8 Å². The molecule has 0 spiro atoms. The van der Waals surface area contributed by atoms with Gasteiger partial charge in [-0.3, -0.25) is 0 Å². The maximum Gasteiger partial charge on any atom is 0.0514 e. The van der Waals surface area contributed by atoms with Crippen LogP contribution in [0, 0.1) is 0 Å². The first-order valence-electron chi connectivity index (χ1n) is 4.38. The molecule has 0 saturated carbocycles. The Morgan fingerprint density at radius 1 is 0.733 bits per heavy atom. The van der Waals surface area contributed by atoms with Gasteiger partial charge in [0.25, 0.3) is 0 Å². The third kappa shape index (κ3) is 2.28. The highest BCUT2D eigenvalue weighted by molar-refractivity contribution is 6.41. The smallest absolute Gasteiger partial charge is 0.0514 e. The van der Waals surface area contributed by atoms with Crippen molar-refractivity contribution < 1.29 is 0 Å². The first-order chi connectivity index (χ1) is 7.18. The molecule has 3 heteroatoms. The molecule has 0 bridgehead atoms. The van der Waals surface area contributed by atoms with Crippen LogP contribution in [0.2, 0.25) is 15.1 Å². The van der Waals surface area contributed by atoms with Crippen molar-refractivity contribution in [1.29, 1.82) is 0 Å². The minimum atomic E-state index is 0.546. The summed E-state index contributed by atoms with van der Waals surface area (Å²) in [7, 11) is 0. The average molecular weight is 258 g/mol. The fourth-order valence-corrected chi connectivity index (χ4v) is 2.46. The predicted molar refractivity (Wildman–Crippen MR) is 66.9 cm³/mol. The van der Waals surface area contributed by atoms with E-state index in [1.54, 1.807) is 12.1 Å². The molecule has 0 saturated heterocycles. The normalized spacial score (nSPS) is 10.3. The lowest BCUT2D eigenvalue weighted by Gasteiger charge is -2.07. The highest BCUT2D eigenvalue weighted by Crippen LogP contribution is 2.36. The Kier molecular flexibility index (Phi) is 3.20. The summed E-state index contributed by atoms with van der Waals surface area (Å²) in [5.74, 6) is 0. The summed E-state index contributed by atoms with van der Waals surface area (Å²) in [5.41, 5.74) is 1.81. The van der Waals surface area contributed by atoms with Crippen LogP contribution in [0.25, 0.3) is 11.1 Å². The van der Waals surface area contributed by atoms with Crippen LogP contribution in [-0.4, -0.2) is 0 Å². The van der Waals surface area contributed by atoms with Crippen LogP contribution in [0.5, 0.6) is 0 Å². The Bertz CT molecular complexity index is 454. The third-order valence-corrected chi connectivity index (χ3v) is 2.88. The summed E-state index contributed by atoms with van der Waals surface area (Å²) < 4.78 is 0. The minimum Gasteiger partial charge on any atom is -0.0842 e. The zero-order valence-corrected chi connectivity index (χ0v) is 9.94. The lowest BCUT2D eigenvalue weighted by atomic mass is 10.1. The second kappa shape index (κ2) is 4.44. The van der Waals surface area contributed by atoms with Crippen LogP contribution in [-0.2, 0) is 0 Å². The number of hydrogen-bond donors (Lipinski definition) is 0. The van der Waals surface area contributed by atoms with Gasteiger partial charge in [0, 0.05) is 10.6 Å². The van der Waals surface area contributed by atoms with Crippen molar-refractivity contribution in [3.63, 3.8) is 0 Å². The van der Waals surface area contributed by atoms with E-state index in [1.807, 2.05) is 30.3 Å². The monoisotopic (exact) mass is 256 g/mol. The van der Waals surface area contributed by atoms with E-state index in [-0.39, 0.29) is 0 Å². The van der Waals surface area contributed by atoms with E-state index < -0.39 is 0 Å². The van der Waals surface area contributed by atoms with E-state index >= 15 is 0 Å². The highest BCUT2D eigenvalue weighted by atomic mass is 35.5. The van der Waals surface area contributed by atoms with Crippen molar-refractivity contribution in [3.8, 4) is 11.1 Å². The zero-order valence-electron chi connectivity index (χ0n) is 7.68. The molecule has 0 atom stereocenters. The van der Waals surface area contributed by atoms with Crippen LogP contribution < -0.4 is 0 Å². The van der Waals surface area contributed by atoms with Gasteiger partial charge in [0.05, 0.1) is 10.0 Å². The molecular formula is C12H7Cl3. The van der Waals surface area contributed by atoms with Gasteiger partial charge in [-0.1, -0.05) is 65.1 Å². The molecule has 0 unspecified atom stereocenters. The second-order valence-corrected chi connectivity index (χ2v) is 4.36. The summed E-state index contributed by atoms with van der Waals surface area (Å²) in [6, 6.07) is 13.1. The molecule has 0 heterocycles. The Balaban J connectivity index is 2.64. The van der Waals surface area contributed by atoms with Gasteiger partial charge < -0.3 is 0 Å². The molecule has 0 aliphatic heterocycles. The van der Waals surface area contributed by atoms with Gasteiger partial charge in [-0.15, -0.1) is 0 Å². The van der Waals surface area contributed by atoms with Gasteiger partial charge in [0.15, 0.2) is 0 Å². The third-order valence-electron chi connectivity index (χ3n) is 2.07. The summed E-state index contributed by atoms with van der Waals surface area (Å²) in [6.07, 6.45) is 0. The van der Waals surface area contributed by atoms with Crippen molar-refractivity contribution in [2.75, 3.05) is 0 Å². The number of benzene rings is 2. The molecule has 0 aliphatic rings. The number of halogens is 3. The molecule has 0 N–H and O–H groups in total. The molecule has 76 valence electrons. The van der Waals surface area contributed by atoms with Crippen LogP contribution in [0.3, 0.4) is 0 Å². The molecule has 0 amide bonds. The second-order valence-electron chi connectivity index (χ2n) is 3.11. The first-order valence-corrected chi connectivity index (χ1v) is 5.52. The van der Waals surface area contributed by atoms with E-state index in [9.17, 15) is 0 Å². The molecule has 2 rings (SSSR count). The van der Waals surface area contributed by atoms with Gasteiger partial charge in [-0.2, -0.15) is 0 Å². The maximum atomic E-state index is 6.10. The summed E-state index contributed by atoms with van der Waals surface area (Å²) >= 11 is 18.0. The summed E-state index contributed by atoms with van der Waals surface area (Å²) in [4.78, 5) is 0. The van der Waals surface area contributed by atoms with Gasteiger partial charge in [-0.25, -0.2) is 0 Å². The van der Waals surface area contributed by atoms with Crippen molar-refractivity contribution in [1.82, 2.24) is 0 Å². The largest absolute Gasteiger partial charge is 0.0842 e. The molecule has 0 radical (unpaired) electrons. The summed E-state index contributed by atoms with van der Waals surface area (Å²) in [5, 5.41) is 1.68. The van der Waals surface area contributed by atoms with Gasteiger partial charge in [-0.05, 0) is 17.7 Å². The molecule has 0 aromatic heterocycles. The molecule has 0 fully saturated rings. The SMILES string of the molecule is Clc1cc(Cl)c(-c2ccccc2)c(Cl)c1.